The highest BCUT2D eigenvalue weighted by Crippen LogP contribution is 2.29. The van der Waals surface area contributed by atoms with Crippen LogP contribution in [0.25, 0.3) is 22.4 Å². The van der Waals surface area contributed by atoms with Crippen molar-refractivity contribution in [1.82, 2.24) is 0 Å². The Kier molecular flexibility index (Phi) is 5.85. The van der Waals surface area contributed by atoms with Gasteiger partial charge >= 0.3 is 5.97 Å². The van der Waals surface area contributed by atoms with E-state index in [9.17, 15) is 4.79 Å². The number of aryl methyl sites for hydroxylation is 1. The number of fused-ring (bicyclic) bond motifs is 1. The number of carboxylic acid groups (broad SMARTS) is 1. The number of carbonyl (C=O) groups is 1. The van der Waals surface area contributed by atoms with E-state index < -0.39 is 5.97 Å². The molecule has 2 nitrogen and oxygen atoms in total. The molecule has 3 rings (SSSR count). The lowest BCUT2D eigenvalue weighted by molar-refractivity contribution is -0.137. The van der Waals surface area contributed by atoms with E-state index in [0.717, 1.165) is 12.8 Å². The van der Waals surface area contributed by atoms with Crippen molar-refractivity contribution < 1.29 is 9.90 Å². The van der Waals surface area contributed by atoms with Crippen molar-refractivity contribution in [1.29, 1.82) is 0 Å². The highest BCUT2D eigenvalue weighted by molar-refractivity contribution is 5.96. The SMILES string of the molecule is Cc1ccc2ccccc2c1/C=C(\CCCCC(=O)O)c1ccccc1. The normalized spacial score (nSPS) is 11.7. The van der Waals surface area contributed by atoms with Crippen LogP contribution in [0.5, 0.6) is 0 Å². The number of unbranched alkanes of at least 4 members (excludes halogenated alkanes) is 1. The Morgan fingerprint density at radius 2 is 1.58 bits per heavy atom. The number of aliphatic carboxylic acids is 1. The number of rotatable bonds is 7. The molecule has 0 amide bonds. The van der Waals surface area contributed by atoms with Crippen LogP contribution >= 0.6 is 0 Å². The lowest BCUT2D eigenvalue weighted by atomic mass is 9.93. The van der Waals surface area contributed by atoms with Crippen LogP contribution in [0.15, 0.2) is 66.7 Å². The third kappa shape index (κ3) is 4.40. The molecule has 0 aliphatic rings. The fourth-order valence-electron chi connectivity index (χ4n) is 3.31. The summed E-state index contributed by atoms with van der Waals surface area (Å²) in [7, 11) is 0. The van der Waals surface area contributed by atoms with Gasteiger partial charge < -0.3 is 5.11 Å². The van der Waals surface area contributed by atoms with Crippen molar-refractivity contribution in [3.63, 3.8) is 0 Å². The maximum Gasteiger partial charge on any atom is 0.303 e. The number of hydrogen-bond donors (Lipinski definition) is 1. The van der Waals surface area contributed by atoms with Crippen molar-refractivity contribution in [2.24, 2.45) is 0 Å². The topological polar surface area (TPSA) is 37.3 Å². The first kappa shape index (κ1) is 17.9. The van der Waals surface area contributed by atoms with Crippen molar-refractivity contribution in [3.8, 4) is 0 Å². The number of hydrogen-bond acceptors (Lipinski definition) is 1. The predicted molar refractivity (Wildman–Crippen MR) is 109 cm³/mol. The highest BCUT2D eigenvalue weighted by atomic mass is 16.4. The van der Waals surface area contributed by atoms with Crippen LogP contribution in [-0.4, -0.2) is 11.1 Å². The van der Waals surface area contributed by atoms with Gasteiger partial charge in [0.05, 0.1) is 0 Å². The van der Waals surface area contributed by atoms with E-state index in [1.165, 1.54) is 33.0 Å². The van der Waals surface area contributed by atoms with E-state index >= 15 is 0 Å². The van der Waals surface area contributed by atoms with E-state index in [1.807, 2.05) is 6.07 Å². The molecule has 0 saturated carbocycles. The van der Waals surface area contributed by atoms with Crippen LogP contribution in [0.3, 0.4) is 0 Å². The van der Waals surface area contributed by atoms with Crippen LogP contribution in [0.1, 0.15) is 42.4 Å². The molecule has 1 N–H and O–H groups in total. The van der Waals surface area contributed by atoms with Gasteiger partial charge in [0.25, 0.3) is 0 Å². The highest BCUT2D eigenvalue weighted by Gasteiger charge is 2.07. The van der Waals surface area contributed by atoms with Crippen LogP contribution < -0.4 is 0 Å². The summed E-state index contributed by atoms with van der Waals surface area (Å²) in [5.74, 6) is -0.722. The minimum absolute atomic E-state index is 0.232. The third-order valence-electron chi connectivity index (χ3n) is 4.74. The lowest BCUT2D eigenvalue weighted by Crippen LogP contribution is -1.94. The molecule has 0 aliphatic carbocycles. The first-order chi connectivity index (χ1) is 12.6. The fraction of sp³-hybridized carbons (Fsp3) is 0.208. The molecule has 0 aliphatic heterocycles. The zero-order chi connectivity index (χ0) is 18.4. The molecule has 0 spiro atoms. The summed E-state index contributed by atoms with van der Waals surface area (Å²) in [4.78, 5) is 10.8. The second-order valence-corrected chi connectivity index (χ2v) is 6.65. The molecule has 2 heteroatoms. The Morgan fingerprint density at radius 3 is 2.35 bits per heavy atom. The first-order valence-electron chi connectivity index (χ1n) is 9.11. The first-order valence-corrected chi connectivity index (χ1v) is 9.11. The molecule has 0 heterocycles. The molecule has 0 radical (unpaired) electrons. The quantitative estimate of drug-likeness (QED) is 0.401. The van der Waals surface area contributed by atoms with Gasteiger partial charge in [0.2, 0.25) is 0 Å². The zero-order valence-electron chi connectivity index (χ0n) is 15.1. The van der Waals surface area contributed by atoms with Crippen molar-refractivity contribution in [3.05, 3.63) is 83.4 Å². The van der Waals surface area contributed by atoms with Crippen molar-refractivity contribution in [2.75, 3.05) is 0 Å². The fourth-order valence-corrected chi connectivity index (χ4v) is 3.31. The van der Waals surface area contributed by atoms with Gasteiger partial charge in [0.15, 0.2) is 0 Å². The number of benzene rings is 3. The van der Waals surface area contributed by atoms with Gasteiger partial charge in [0, 0.05) is 6.42 Å². The van der Waals surface area contributed by atoms with Gasteiger partial charge in [-0.05, 0) is 59.2 Å². The minimum Gasteiger partial charge on any atom is -0.481 e. The van der Waals surface area contributed by atoms with E-state index in [-0.39, 0.29) is 6.42 Å². The molecular weight excluding hydrogens is 320 g/mol. The summed E-state index contributed by atoms with van der Waals surface area (Å²) in [6.07, 6.45) is 4.97. The van der Waals surface area contributed by atoms with E-state index in [1.54, 1.807) is 0 Å². The Labute approximate surface area is 154 Å². The van der Waals surface area contributed by atoms with E-state index in [4.69, 9.17) is 5.11 Å². The molecule has 26 heavy (non-hydrogen) atoms. The molecule has 0 fully saturated rings. The van der Waals surface area contributed by atoms with E-state index in [2.05, 4.69) is 73.7 Å². The largest absolute Gasteiger partial charge is 0.481 e. The summed E-state index contributed by atoms with van der Waals surface area (Å²) in [5.41, 5.74) is 4.97. The van der Waals surface area contributed by atoms with Gasteiger partial charge in [-0.3, -0.25) is 4.79 Å². The third-order valence-corrected chi connectivity index (χ3v) is 4.74. The molecular formula is C24H24O2. The monoisotopic (exact) mass is 344 g/mol. The summed E-state index contributed by atoms with van der Waals surface area (Å²) in [6.45, 7) is 2.14. The molecule has 0 atom stereocenters. The molecule has 3 aromatic carbocycles. The average molecular weight is 344 g/mol. The second kappa shape index (κ2) is 8.48. The van der Waals surface area contributed by atoms with Crippen molar-refractivity contribution >= 4 is 28.4 Å². The molecule has 0 unspecified atom stereocenters. The molecule has 0 aromatic heterocycles. The number of carboxylic acids is 1. The van der Waals surface area contributed by atoms with E-state index in [0.29, 0.717) is 6.42 Å². The maximum atomic E-state index is 10.8. The Bertz CT molecular complexity index is 923. The minimum atomic E-state index is -0.722. The van der Waals surface area contributed by atoms with Gasteiger partial charge in [-0.2, -0.15) is 0 Å². The van der Waals surface area contributed by atoms with Crippen molar-refractivity contribution in [2.45, 2.75) is 32.6 Å². The van der Waals surface area contributed by atoms with Gasteiger partial charge in [-0.15, -0.1) is 0 Å². The second-order valence-electron chi connectivity index (χ2n) is 6.65. The Balaban J connectivity index is 1.99. The lowest BCUT2D eigenvalue weighted by Gasteiger charge is -2.12. The summed E-state index contributed by atoms with van der Waals surface area (Å²) in [5, 5.41) is 11.4. The summed E-state index contributed by atoms with van der Waals surface area (Å²) in [6, 6.07) is 23.2. The molecule has 3 aromatic rings. The van der Waals surface area contributed by atoms with Gasteiger partial charge in [-0.25, -0.2) is 0 Å². The molecule has 0 bridgehead atoms. The van der Waals surface area contributed by atoms with Gasteiger partial charge in [0.1, 0.15) is 0 Å². The standard InChI is InChI=1S/C24H24O2/c1-18-15-16-20-11-5-7-13-22(20)23(18)17-21(12-6-8-14-24(25)26)19-9-3-2-4-10-19/h2-5,7,9-11,13,15-17H,6,8,12,14H2,1H3,(H,25,26)/b21-17+. The van der Waals surface area contributed by atoms with Crippen LogP contribution in [0.4, 0.5) is 0 Å². The van der Waals surface area contributed by atoms with Gasteiger partial charge in [-0.1, -0.05) is 72.8 Å². The summed E-state index contributed by atoms with van der Waals surface area (Å²) < 4.78 is 0. The molecule has 132 valence electrons. The smallest absolute Gasteiger partial charge is 0.303 e. The van der Waals surface area contributed by atoms with Crippen LogP contribution in [0, 0.1) is 6.92 Å². The number of allylic oxidation sites excluding steroid dienone is 1. The zero-order valence-corrected chi connectivity index (χ0v) is 15.1. The summed E-state index contributed by atoms with van der Waals surface area (Å²) >= 11 is 0. The van der Waals surface area contributed by atoms with Crippen LogP contribution in [0.2, 0.25) is 0 Å². The van der Waals surface area contributed by atoms with Crippen LogP contribution in [-0.2, 0) is 4.79 Å². The Morgan fingerprint density at radius 1 is 0.885 bits per heavy atom. The maximum absolute atomic E-state index is 10.8. The molecule has 0 saturated heterocycles. The Hall–Kier alpha value is -2.87. The average Bonchev–Trinajstić information content (AvgIpc) is 2.66. The predicted octanol–water partition coefficient (Wildman–Crippen LogP) is 6.33.